The smallest absolute Gasteiger partial charge is 0.312 e. The van der Waals surface area contributed by atoms with Crippen molar-refractivity contribution in [3.63, 3.8) is 0 Å². The van der Waals surface area contributed by atoms with Gasteiger partial charge in [-0.1, -0.05) is 0 Å². The molecular formula is C17H16N4O6S. The molecule has 0 aliphatic carbocycles. The van der Waals surface area contributed by atoms with Crippen LogP contribution in [-0.2, 0) is 20.7 Å². The Morgan fingerprint density at radius 3 is 2.89 bits per heavy atom. The highest BCUT2D eigenvalue weighted by Crippen LogP contribution is 2.29. The summed E-state index contributed by atoms with van der Waals surface area (Å²) in [4.78, 5) is 39.8. The molecule has 3 rings (SSSR count). The molecule has 11 heteroatoms. The molecule has 0 bridgehead atoms. The molecule has 1 atom stereocenters. The number of methoxy groups -OCH3 is 1. The number of aromatic nitrogens is 2. The molecule has 146 valence electrons. The van der Waals surface area contributed by atoms with Crippen LogP contribution in [0.1, 0.15) is 12.6 Å². The Labute approximate surface area is 162 Å². The first-order chi connectivity index (χ1) is 13.4. The highest BCUT2D eigenvalue weighted by molar-refractivity contribution is 7.15. The summed E-state index contributed by atoms with van der Waals surface area (Å²) in [5.74, 6) is -1.01. The third-order valence-electron chi connectivity index (χ3n) is 3.80. The van der Waals surface area contributed by atoms with Gasteiger partial charge >= 0.3 is 5.97 Å². The van der Waals surface area contributed by atoms with E-state index in [2.05, 4.69) is 10.3 Å². The number of hydrogen-bond donors (Lipinski definition) is 1. The zero-order valence-electron chi connectivity index (χ0n) is 14.9. The lowest BCUT2D eigenvalue weighted by Crippen LogP contribution is -2.30. The van der Waals surface area contributed by atoms with Gasteiger partial charge in [-0.05, 0) is 13.0 Å². The van der Waals surface area contributed by atoms with Crippen LogP contribution in [0.2, 0.25) is 0 Å². The average molecular weight is 404 g/mol. The van der Waals surface area contributed by atoms with Gasteiger partial charge in [0.25, 0.3) is 11.6 Å². The first kappa shape index (κ1) is 19.3. The Morgan fingerprint density at radius 1 is 1.43 bits per heavy atom. The van der Waals surface area contributed by atoms with E-state index in [4.69, 9.17) is 9.47 Å². The summed E-state index contributed by atoms with van der Waals surface area (Å²) < 4.78 is 12.0. The van der Waals surface area contributed by atoms with Crippen LogP contribution < -0.4 is 10.1 Å². The summed E-state index contributed by atoms with van der Waals surface area (Å²) >= 11 is 1.44. The predicted molar refractivity (Wildman–Crippen MR) is 101 cm³/mol. The molecule has 0 aliphatic heterocycles. The fourth-order valence-corrected chi connectivity index (χ4v) is 3.16. The first-order valence-corrected chi connectivity index (χ1v) is 8.99. The van der Waals surface area contributed by atoms with Crippen molar-refractivity contribution in [1.82, 2.24) is 9.38 Å². The molecule has 28 heavy (non-hydrogen) atoms. The summed E-state index contributed by atoms with van der Waals surface area (Å²) in [6, 6.07) is 3.80. The highest BCUT2D eigenvalue weighted by atomic mass is 32.1. The number of carbonyl (C=O) groups excluding carboxylic acids is 2. The minimum absolute atomic E-state index is 0.0772. The number of benzene rings is 1. The minimum atomic E-state index is -1.11. The Morgan fingerprint density at radius 2 is 2.21 bits per heavy atom. The molecule has 0 fully saturated rings. The quantitative estimate of drug-likeness (QED) is 0.364. The number of non-ortho nitro benzene ring substituents is 1. The largest absolute Gasteiger partial charge is 0.495 e. The summed E-state index contributed by atoms with van der Waals surface area (Å²) in [6.45, 7) is 1.41. The number of ether oxygens (including phenoxy) is 2. The van der Waals surface area contributed by atoms with Gasteiger partial charge in [-0.3, -0.25) is 24.1 Å². The van der Waals surface area contributed by atoms with Crippen LogP contribution in [0, 0.1) is 10.1 Å². The molecule has 0 saturated heterocycles. The highest BCUT2D eigenvalue weighted by Gasteiger charge is 2.21. The van der Waals surface area contributed by atoms with Gasteiger partial charge in [0.1, 0.15) is 5.75 Å². The number of imidazole rings is 1. The number of amides is 1. The lowest BCUT2D eigenvalue weighted by atomic mass is 10.2. The molecule has 1 aromatic carbocycles. The topological polar surface area (TPSA) is 125 Å². The number of anilines is 1. The molecular weight excluding hydrogens is 388 g/mol. The lowest BCUT2D eigenvalue weighted by Gasteiger charge is -2.15. The molecule has 0 radical (unpaired) electrons. The number of nitrogens with one attached hydrogen (secondary N) is 1. The van der Waals surface area contributed by atoms with E-state index in [1.54, 1.807) is 10.6 Å². The van der Waals surface area contributed by atoms with Gasteiger partial charge in [0, 0.05) is 29.9 Å². The monoisotopic (exact) mass is 404 g/mol. The van der Waals surface area contributed by atoms with Gasteiger partial charge < -0.3 is 14.8 Å². The fraction of sp³-hybridized carbons (Fsp3) is 0.235. The molecule has 1 N–H and O–H groups in total. The zero-order chi connectivity index (χ0) is 20.3. The van der Waals surface area contributed by atoms with E-state index in [9.17, 15) is 19.7 Å². The van der Waals surface area contributed by atoms with E-state index < -0.39 is 22.9 Å². The van der Waals surface area contributed by atoms with E-state index in [-0.39, 0.29) is 23.5 Å². The molecule has 0 spiro atoms. The van der Waals surface area contributed by atoms with Gasteiger partial charge in [-0.25, -0.2) is 4.98 Å². The van der Waals surface area contributed by atoms with E-state index in [0.29, 0.717) is 5.69 Å². The van der Waals surface area contributed by atoms with Gasteiger partial charge in [0.15, 0.2) is 11.1 Å². The molecule has 0 aliphatic rings. The maximum absolute atomic E-state index is 12.3. The SMILES string of the molecule is COc1ccc([N+](=O)[O-])cc1NC(=O)[C@H](C)OC(=O)Cc1cn2ccsc2n1. The van der Waals surface area contributed by atoms with Crippen LogP contribution in [0.15, 0.2) is 36.0 Å². The van der Waals surface area contributed by atoms with Crippen LogP contribution in [-0.4, -0.2) is 39.4 Å². The maximum Gasteiger partial charge on any atom is 0.312 e. The van der Waals surface area contributed by atoms with E-state index in [1.807, 2.05) is 11.6 Å². The van der Waals surface area contributed by atoms with Crippen molar-refractivity contribution in [2.24, 2.45) is 0 Å². The average Bonchev–Trinajstić information content (AvgIpc) is 3.22. The molecule has 0 saturated carbocycles. The molecule has 3 aromatic rings. The summed E-state index contributed by atoms with van der Waals surface area (Å²) in [5, 5.41) is 15.3. The first-order valence-electron chi connectivity index (χ1n) is 8.11. The maximum atomic E-state index is 12.3. The number of hydrogen-bond acceptors (Lipinski definition) is 8. The van der Waals surface area contributed by atoms with Crippen molar-refractivity contribution >= 4 is 39.5 Å². The van der Waals surface area contributed by atoms with Crippen LogP contribution in [0.4, 0.5) is 11.4 Å². The van der Waals surface area contributed by atoms with Crippen LogP contribution >= 0.6 is 11.3 Å². The number of thiazole rings is 1. The summed E-state index contributed by atoms with van der Waals surface area (Å²) in [6.07, 6.45) is 2.35. The summed E-state index contributed by atoms with van der Waals surface area (Å²) in [7, 11) is 1.37. The Balaban J connectivity index is 1.62. The van der Waals surface area contributed by atoms with E-state index in [1.165, 1.54) is 43.6 Å². The van der Waals surface area contributed by atoms with Crippen molar-refractivity contribution in [3.05, 3.63) is 51.8 Å². The number of carbonyl (C=O) groups is 2. The third kappa shape index (κ3) is 4.26. The van der Waals surface area contributed by atoms with Crippen LogP contribution in [0.5, 0.6) is 5.75 Å². The number of nitro benzene ring substituents is 1. The van der Waals surface area contributed by atoms with Gasteiger partial charge in [-0.2, -0.15) is 0 Å². The molecule has 1 amide bonds. The van der Waals surface area contributed by atoms with Gasteiger partial charge in [0.2, 0.25) is 0 Å². The Hall–Kier alpha value is -3.47. The number of rotatable bonds is 7. The lowest BCUT2D eigenvalue weighted by molar-refractivity contribution is -0.384. The zero-order valence-corrected chi connectivity index (χ0v) is 15.8. The third-order valence-corrected chi connectivity index (χ3v) is 4.57. The molecule has 0 unspecified atom stereocenters. The number of nitro groups is 1. The van der Waals surface area contributed by atoms with Gasteiger partial charge in [-0.15, -0.1) is 11.3 Å². The minimum Gasteiger partial charge on any atom is -0.495 e. The van der Waals surface area contributed by atoms with Crippen molar-refractivity contribution in [3.8, 4) is 5.75 Å². The van der Waals surface area contributed by atoms with E-state index in [0.717, 1.165) is 4.96 Å². The van der Waals surface area contributed by atoms with Crippen molar-refractivity contribution < 1.29 is 24.0 Å². The molecule has 10 nitrogen and oxygen atoms in total. The predicted octanol–water partition coefficient (Wildman–Crippen LogP) is 2.43. The number of esters is 1. The van der Waals surface area contributed by atoms with Crippen molar-refractivity contribution in [2.45, 2.75) is 19.4 Å². The standard InChI is InChI=1S/C17H16N4O6S/c1-10(27-15(22)7-11-9-20-5-6-28-17(20)18-11)16(23)19-13-8-12(21(24)25)3-4-14(13)26-2/h3-6,8-10H,7H2,1-2H3,(H,19,23)/t10-/m0/s1. The second-order valence-electron chi connectivity index (χ2n) is 5.76. The van der Waals surface area contributed by atoms with Crippen molar-refractivity contribution in [2.75, 3.05) is 12.4 Å². The normalized spacial score (nSPS) is 11.8. The Bertz CT molecular complexity index is 1010. The second kappa shape index (κ2) is 8.05. The second-order valence-corrected chi connectivity index (χ2v) is 6.64. The van der Waals surface area contributed by atoms with Crippen molar-refractivity contribution in [1.29, 1.82) is 0 Å². The Kier molecular flexibility index (Phi) is 5.54. The molecule has 2 aromatic heterocycles. The van der Waals surface area contributed by atoms with Crippen LogP contribution in [0.25, 0.3) is 4.96 Å². The summed E-state index contributed by atoms with van der Waals surface area (Å²) in [5.41, 5.74) is 0.434. The fourth-order valence-electron chi connectivity index (χ4n) is 2.44. The molecule has 2 heterocycles. The number of fused-ring (bicyclic) bond motifs is 1. The van der Waals surface area contributed by atoms with Gasteiger partial charge in [0.05, 0.1) is 29.8 Å². The number of nitrogens with zero attached hydrogens (tertiary/aromatic N) is 3. The van der Waals surface area contributed by atoms with E-state index >= 15 is 0 Å². The van der Waals surface area contributed by atoms with Crippen LogP contribution in [0.3, 0.4) is 0 Å².